The van der Waals surface area contributed by atoms with Crippen LogP contribution in [-0.2, 0) is 0 Å². The van der Waals surface area contributed by atoms with Crippen LogP contribution in [0.3, 0.4) is 0 Å². The molecule has 0 amide bonds. The van der Waals surface area contributed by atoms with Gasteiger partial charge in [0, 0.05) is 12.3 Å². The Balaban J connectivity index is 2.44. The molecule has 0 bridgehead atoms. The van der Waals surface area contributed by atoms with Crippen LogP contribution in [-0.4, -0.2) is 31.9 Å². The average Bonchev–Trinajstić information content (AvgIpc) is 2.54. The molecule has 0 spiro atoms. The molecule has 1 unspecified atom stereocenters. The van der Waals surface area contributed by atoms with Gasteiger partial charge in [-0.1, -0.05) is 6.92 Å². The van der Waals surface area contributed by atoms with Crippen molar-refractivity contribution in [3.8, 4) is 5.88 Å². The van der Waals surface area contributed by atoms with Crippen LogP contribution in [0.2, 0.25) is 0 Å². The number of carboxylic acids is 1. The highest BCUT2D eigenvalue weighted by atomic mass is 32.1. The molecule has 1 aromatic carbocycles. The molecule has 0 aliphatic heterocycles. The SMILES string of the molecule is CCC(C)n1c(O)c(C=Nc2ccc(C(=O)O)cc2)c(=O)[nH]c1=S. The Labute approximate surface area is 142 Å². The number of aromatic carboxylic acids is 1. The Morgan fingerprint density at radius 3 is 2.58 bits per heavy atom. The van der Waals surface area contributed by atoms with E-state index in [-0.39, 0.29) is 27.8 Å². The van der Waals surface area contributed by atoms with Crippen LogP contribution >= 0.6 is 12.2 Å². The van der Waals surface area contributed by atoms with Crippen molar-refractivity contribution >= 4 is 30.1 Å². The summed E-state index contributed by atoms with van der Waals surface area (Å²) in [4.78, 5) is 29.5. The summed E-state index contributed by atoms with van der Waals surface area (Å²) in [6.45, 7) is 3.81. The Bertz CT molecular complexity index is 897. The number of nitrogens with zero attached hydrogens (tertiary/aromatic N) is 2. The highest BCUT2D eigenvalue weighted by molar-refractivity contribution is 7.71. The third-order valence-electron chi connectivity index (χ3n) is 3.64. The van der Waals surface area contributed by atoms with Gasteiger partial charge in [-0.25, -0.2) is 4.79 Å². The number of hydrogen-bond acceptors (Lipinski definition) is 5. The van der Waals surface area contributed by atoms with Gasteiger partial charge in [-0.2, -0.15) is 0 Å². The van der Waals surface area contributed by atoms with E-state index in [0.717, 1.165) is 6.42 Å². The van der Waals surface area contributed by atoms with Crippen molar-refractivity contribution in [3.63, 3.8) is 0 Å². The number of carbonyl (C=O) groups is 1. The van der Waals surface area contributed by atoms with E-state index < -0.39 is 11.5 Å². The molecule has 0 aliphatic carbocycles. The van der Waals surface area contributed by atoms with Gasteiger partial charge in [0.1, 0.15) is 5.56 Å². The van der Waals surface area contributed by atoms with Gasteiger partial charge in [-0.05, 0) is 49.8 Å². The second kappa shape index (κ2) is 7.22. The van der Waals surface area contributed by atoms with Crippen LogP contribution in [0, 0.1) is 4.77 Å². The van der Waals surface area contributed by atoms with Crippen molar-refractivity contribution in [2.24, 2.45) is 4.99 Å². The Morgan fingerprint density at radius 2 is 2.04 bits per heavy atom. The molecule has 1 heterocycles. The van der Waals surface area contributed by atoms with E-state index >= 15 is 0 Å². The minimum atomic E-state index is -1.03. The number of aromatic nitrogens is 2. The molecule has 8 heteroatoms. The van der Waals surface area contributed by atoms with Gasteiger partial charge in [0.25, 0.3) is 5.56 Å². The second-order valence-electron chi connectivity index (χ2n) is 5.23. The molecular weight excluding hydrogens is 330 g/mol. The average molecular weight is 347 g/mol. The molecule has 0 fully saturated rings. The van der Waals surface area contributed by atoms with Crippen molar-refractivity contribution in [3.05, 3.63) is 50.5 Å². The number of aromatic amines is 1. The van der Waals surface area contributed by atoms with E-state index in [1.165, 1.54) is 35.0 Å². The summed E-state index contributed by atoms with van der Waals surface area (Å²) in [5.41, 5.74) is 0.0465. The molecule has 0 saturated heterocycles. The summed E-state index contributed by atoms with van der Waals surface area (Å²) in [6.07, 6.45) is 1.96. The van der Waals surface area contributed by atoms with Gasteiger partial charge < -0.3 is 10.2 Å². The molecule has 24 heavy (non-hydrogen) atoms. The lowest BCUT2D eigenvalue weighted by molar-refractivity contribution is 0.0697. The molecular formula is C16H17N3O4S. The van der Waals surface area contributed by atoms with Crippen molar-refractivity contribution in [2.75, 3.05) is 0 Å². The Hall–Kier alpha value is -2.74. The van der Waals surface area contributed by atoms with E-state index in [4.69, 9.17) is 17.3 Å². The fraction of sp³-hybridized carbons (Fsp3) is 0.250. The van der Waals surface area contributed by atoms with Gasteiger partial charge in [0.05, 0.1) is 11.3 Å². The van der Waals surface area contributed by atoms with Crippen LogP contribution in [0.1, 0.15) is 42.2 Å². The van der Waals surface area contributed by atoms with E-state index in [1.54, 1.807) is 0 Å². The third-order valence-corrected chi connectivity index (χ3v) is 3.94. The number of hydrogen-bond donors (Lipinski definition) is 3. The fourth-order valence-corrected chi connectivity index (χ4v) is 2.45. The molecule has 3 N–H and O–H groups in total. The molecule has 2 aromatic rings. The molecule has 2 rings (SSSR count). The first-order valence-corrected chi connectivity index (χ1v) is 7.71. The lowest BCUT2D eigenvalue weighted by Gasteiger charge is -2.16. The largest absolute Gasteiger partial charge is 0.494 e. The van der Waals surface area contributed by atoms with E-state index in [0.29, 0.717) is 5.69 Å². The van der Waals surface area contributed by atoms with Crippen LogP contribution in [0.15, 0.2) is 34.1 Å². The van der Waals surface area contributed by atoms with E-state index in [9.17, 15) is 14.7 Å². The Morgan fingerprint density at radius 1 is 1.42 bits per heavy atom. The van der Waals surface area contributed by atoms with Crippen molar-refractivity contribution in [1.82, 2.24) is 9.55 Å². The highest BCUT2D eigenvalue weighted by Crippen LogP contribution is 2.21. The van der Waals surface area contributed by atoms with Gasteiger partial charge in [-0.15, -0.1) is 0 Å². The minimum absolute atomic E-state index is 0.00814. The molecule has 0 aliphatic rings. The maximum atomic E-state index is 12.0. The maximum absolute atomic E-state index is 12.0. The number of carboxylic acid groups (broad SMARTS) is 1. The van der Waals surface area contributed by atoms with Gasteiger partial charge >= 0.3 is 5.97 Å². The Kier molecular flexibility index (Phi) is 5.30. The number of rotatable bonds is 5. The standard InChI is InChI=1S/C16H17N3O4S/c1-3-9(2)19-14(21)12(13(20)18-16(19)24)8-17-11-6-4-10(5-7-11)15(22)23/h4-9,21H,3H2,1-2H3,(H,22,23)(H,18,20,24). The normalized spacial score (nSPS) is 12.4. The molecule has 7 nitrogen and oxygen atoms in total. The lowest BCUT2D eigenvalue weighted by atomic mass is 10.2. The zero-order chi connectivity index (χ0) is 17.9. The number of aliphatic imine (C=N–C) groups is 1. The highest BCUT2D eigenvalue weighted by Gasteiger charge is 2.14. The van der Waals surface area contributed by atoms with Crippen LogP contribution in [0.4, 0.5) is 5.69 Å². The smallest absolute Gasteiger partial charge is 0.335 e. The van der Waals surface area contributed by atoms with Crippen molar-refractivity contribution in [2.45, 2.75) is 26.3 Å². The van der Waals surface area contributed by atoms with E-state index in [1.807, 2.05) is 13.8 Å². The first kappa shape index (κ1) is 17.6. The summed E-state index contributed by atoms with van der Waals surface area (Å²) in [7, 11) is 0. The third kappa shape index (κ3) is 3.60. The van der Waals surface area contributed by atoms with Crippen LogP contribution in [0.25, 0.3) is 0 Å². The summed E-state index contributed by atoms with van der Waals surface area (Å²) in [5, 5.41) is 19.2. The number of nitrogens with one attached hydrogen (secondary N) is 1. The molecule has 0 radical (unpaired) electrons. The topological polar surface area (TPSA) is 108 Å². The van der Waals surface area contributed by atoms with E-state index in [2.05, 4.69) is 9.98 Å². The number of aromatic hydroxyl groups is 1. The summed E-state index contributed by atoms with van der Waals surface area (Å²) in [5.74, 6) is -1.28. The van der Waals surface area contributed by atoms with Crippen molar-refractivity contribution < 1.29 is 15.0 Å². The first-order chi connectivity index (χ1) is 11.3. The number of H-pyrrole nitrogens is 1. The molecule has 126 valence electrons. The summed E-state index contributed by atoms with van der Waals surface area (Å²) in [6, 6.07) is 5.75. The number of benzene rings is 1. The van der Waals surface area contributed by atoms with Gasteiger partial charge in [-0.3, -0.25) is 19.3 Å². The van der Waals surface area contributed by atoms with Crippen molar-refractivity contribution in [1.29, 1.82) is 0 Å². The predicted molar refractivity (Wildman–Crippen MR) is 93.2 cm³/mol. The second-order valence-corrected chi connectivity index (χ2v) is 5.62. The summed E-state index contributed by atoms with van der Waals surface area (Å²) >= 11 is 5.09. The minimum Gasteiger partial charge on any atom is -0.494 e. The molecule has 1 aromatic heterocycles. The van der Waals surface area contributed by atoms with Crippen LogP contribution < -0.4 is 5.56 Å². The molecule has 1 atom stereocenters. The zero-order valence-corrected chi connectivity index (χ0v) is 14.0. The molecule has 0 saturated carbocycles. The fourth-order valence-electron chi connectivity index (χ4n) is 2.09. The lowest BCUT2D eigenvalue weighted by Crippen LogP contribution is -2.20. The van der Waals surface area contributed by atoms with Gasteiger partial charge in [0.2, 0.25) is 5.88 Å². The zero-order valence-electron chi connectivity index (χ0n) is 13.2. The van der Waals surface area contributed by atoms with Gasteiger partial charge in [0.15, 0.2) is 4.77 Å². The first-order valence-electron chi connectivity index (χ1n) is 7.30. The quantitative estimate of drug-likeness (QED) is 0.569. The summed E-state index contributed by atoms with van der Waals surface area (Å²) < 4.78 is 1.61. The predicted octanol–water partition coefficient (Wildman–Crippen LogP) is 3.03. The maximum Gasteiger partial charge on any atom is 0.335 e. The monoisotopic (exact) mass is 347 g/mol. The van der Waals surface area contributed by atoms with Crippen LogP contribution in [0.5, 0.6) is 5.88 Å².